The molecule has 102 valence electrons. The number of nitrogens with one attached hydrogen (secondary N) is 1. The van der Waals surface area contributed by atoms with Crippen molar-refractivity contribution < 1.29 is 10.0 Å². The Labute approximate surface area is 115 Å². The van der Waals surface area contributed by atoms with Crippen molar-refractivity contribution in [3.8, 4) is 5.75 Å². The first-order valence-electron chi connectivity index (χ1n) is 5.89. The molecule has 2 N–H and O–H groups in total. The number of nitrogens with zero attached hydrogens (tertiary/aromatic N) is 2. The number of hydrazone groups is 1. The maximum absolute atomic E-state index is 10.7. The highest BCUT2D eigenvalue weighted by molar-refractivity contribution is 5.84. The zero-order valence-corrected chi connectivity index (χ0v) is 10.8. The summed E-state index contributed by atoms with van der Waals surface area (Å²) in [6, 6.07) is 11.4. The summed E-state index contributed by atoms with van der Waals surface area (Å²) < 4.78 is 0. The molecule has 0 saturated heterocycles. The lowest BCUT2D eigenvalue weighted by Gasteiger charge is -2.01. The Morgan fingerprint density at radius 3 is 2.60 bits per heavy atom. The van der Waals surface area contributed by atoms with Crippen LogP contribution in [0.2, 0.25) is 0 Å². The molecular formula is C14H13N3O3. The zero-order valence-electron chi connectivity index (χ0n) is 10.8. The SMILES string of the molecule is Cc1ccc(NN=Cc2cc([N+](=O)[O-])ccc2O)cc1. The van der Waals surface area contributed by atoms with Gasteiger partial charge in [-0.15, -0.1) is 0 Å². The normalized spacial score (nSPS) is 10.7. The first-order chi connectivity index (χ1) is 9.56. The summed E-state index contributed by atoms with van der Waals surface area (Å²) in [7, 11) is 0. The molecule has 0 bridgehead atoms. The van der Waals surface area contributed by atoms with Gasteiger partial charge in [-0.25, -0.2) is 0 Å². The van der Waals surface area contributed by atoms with Gasteiger partial charge in [-0.3, -0.25) is 15.5 Å². The van der Waals surface area contributed by atoms with Crippen molar-refractivity contribution in [3.05, 3.63) is 63.7 Å². The Balaban J connectivity index is 2.12. The maximum atomic E-state index is 10.7. The van der Waals surface area contributed by atoms with E-state index in [1.165, 1.54) is 24.4 Å². The van der Waals surface area contributed by atoms with Gasteiger partial charge in [0.2, 0.25) is 0 Å². The van der Waals surface area contributed by atoms with E-state index in [4.69, 9.17) is 0 Å². The van der Waals surface area contributed by atoms with Crippen LogP contribution in [0.1, 0.15) is 11.1 Å². The van der Waals surface area contributed by atoms with Crippen molar-refractivity contribution in [1.82, 2.24) is 0 Å². The second-order valence-corrected chi connectivity index (χ2v) is 4.24. The summed E-state index contributed by atoms with van der Waals surface area (Å²) in [4.78, 5) is 10.1. The van der Waals surface area contributed by atoms with Gasteiger partial charge in [0.15, 0.2) is 0 Å². The summed E-state index contributed by atoms with van der Waals surface area (Å²) >= 11 is 0. The van der Waals surface area contributed by atoms with Crippen LogP contribution >= 0.6 is 0 Å². The fraction of sp³-hybridized carbons (Fsp3) is 0.0714. The van der Waals surface area contributed by atoms with Crippen LogP contribution in [-0.2, 0) is 0 Å². The molecule has 2 aromatic carbocycles. The van der Waals surface area contributed by atoms with Crippen molar-refractivity contribution in [2.75, 3.05) is 5.43 Å². The number of aryl methyl sites for hydroxylation is 1. The van der Waals surface area contributed by atoms with Gasteiger partial charge in [0, 0.05) is 17.7 Å². The third-order valence-electron chi connectivity index (χ3n) is 2.67. The van der Waals surface area contributed by atoms with E-state index >= 15 is 0 Å². The number of rotatable bonds is 4. The second kappa shape index (κ2) is 5.83. The predicted molar refractivity (Wildman–Crippen MR) is 77.2 cm³/mol. The fourth-order valence-electron chi connectivity index (χ4n) is 1.56. The average molecular weight is 271 g/mol. The lowest BCUT2D eigenvalue weighted by atomic mass is 10.2. The van der Waals surface area contributed by atoms with Crippen molar-refractivity contribution in [3.63, 3.8) is 0 Å². The van der Waals surface area contributed by atoms with Crippen LogP contribution in [0.25, 0.3) is 0 Å². The smallest absolute Gasteiger partial charge is 0.270 e. The number of non-ortho nitro benzene ring substituents is 1. The van der Waals surface area contributed by atoms with Crippen molar-refractivity contribution in [1.29, 1.82) is 0 Å². The molecule has 0 fully saturated rings. The van der Waals surface area contributed by atoms with Gasteiger partial charge in [-0.2, -0.15) is 5.10 Å². The molecule has 0 aliphatic heterocycles. The minimum Gasteiger partial charge on any atom is -0.507 e. The Hall–Kier alpha value is -2.89. The highest BCUT2D eigenvalue weighted by atomic mass is 16.6. The molecule has 0 amide bonds. The molecule has 0 aromatic heterocycles. The quantitative estimate of drug-likeness (QED) is 0.508. The molecule has 6 heteroatoms. The first kappa shape index (κ1) is 13.5. The average Bonchev–Trinajstić information content (AvgIpc) is 2.43. The molecule has 2 aromatic rings. The standard InChI is InChI=1S/C14H13N3O3/c1-10-2-4-12(5-3-10)16-15-9-11-8-13(17(19)20)6-7-14(11)18/h2-9,16,18H,1H3. The van der Waals surface area contributed by atoms with Gasteiger partial charge in [0.25, 0.3) is 5.69 Å². The number of anilines is 1. The molecule has 0 aliphatic carbocycles. The Kier molecular flexibility index (Phi) is 3.95. The molecule has 0 atom stereocenters. The molecule has 0 unspecified atom stereocenters. The molecule has 20 heavy (non-hydrogen) atoms. The topological polar surface area (TPSA) is 87.8 Å². The fourth-order valence-corrected chi connectivity index (χ4v) is 1.56. The lowest BCUT2D eigenvalue weighted by Crippen LogP contribution is -1.93. The predicted octanol–water partition coefficient (Wildman–Crippen LogP) is 3.05. The van der Waals surface area contributed by atoms with Crippen LogP contribution in [0, 0.1) is 17.0 Å². The van der Waals surface area contributed by atoms with Crippen LogP contribution < -0.4 is 5.43 Å². The van der Waals surface area contributed by atoms with Crippen molar-refractivity contribution >= 4 is 17.6 Å². The number of hydrogen-bond donors (Lipinski definition) is 2. The third-order valence-corrected chi connectivity index (χ3v) is 2.67. The summed E-state index contributed by atoms with van der Waals surface area (Å²) in [5.41, 5.74) is 4.89. The van der Waals surface area contributed by atoms with E-state index < -0.39 is 4.92 Å². The summed E-state index contributed by atoms with van der Waals surface area (Å²) in [6.07, 6.45) is 1.34. The van der Waals surface area contributed by atoms with Crippen LogP contribution in [0.4, 0.5) is 11.4 Å². The number of aromatic hydroxyl groups is 1. The van der Waals surface area contributed by atoms with Crippen LogP contribution in [-0.4, -0.2) is 16.2 Å². The highest BCUT2D eigenvalue weighted by Gasteiger charge is 2.08. The monoisotopic (exact) mass is 271 g/mol. The van der Waals surface area contributed by atoms with E-state index in [0.717, 1.165) is 11.3 Å². The van der Waals surface area contributed by atoms with E-state index in [-0.39, 0.29) is 17.0 Å². The van der Waals surface area contributed by atoms with Gasteiger partial charge in [-0.05, 0) is 25.1 Å². The lowest BCUT2D eigenvalue weighted by molar-refractivity contribution is -0.384. The van der Waals surface area contributed by atoms with Crippen LogP contribution in [0.15, 0.2) is 47.6 Å². The minimum absolute atomic E-state index is 0.0648. The Morgan fingerprint density at radius 2 is 1.95 bits per heavy atom. The van der Waals surface area contributed by atoms with Gasteiger partial charge < -0.3 is 5.11 Å². The van der Waals surface area contributed by atoms with Gasteiger partial charge in [0.05, 0.1) is 16.8 Å². The molecule has 0 aliphatic rings. The number of phenols is 1. The zero-order chi connectivity index (χ0) is 14.5. The van der Waals surface area contributed by atoms with E-state index in [2.05, 4.69) is 10.5 Å². The van der Waals surface area contributed by atoms with E-state index in [0.29, 0.717) is 0 Å². The maximum Gasteiger partial charge on any atom is 0.270 e. The summed E-state index contributed by atoms with van der Waals surface area (Å²) in [5, 5.41) is 24.2. The number of phenolic OH excluding ortho intramolecular Hbond substituents is 1. The Morgan fingerprint density at radius 1 is 1.25 bits per heavy atom. The van der Waals surface area contributed by atoms with Crippen LogP contribution in [0.3, 0.4) is 0 Å². The molecule has 0 saturated carbocycles. The molecule has 2 rings (SSSR count). The van der Waals surface area contributed by atoms with E-state index in [1.807, 2.05) is 31.2 Å². The third kappa shape index (κ3) is 3.32. The van der Waals surface area contributed by atoms with Crippen molar-refractivity contribution in [2.45, 2.75) is 6.92 Å². The van der Waals surface area contributed by atoms with E-state index in [9.17, 15) is 15.2 Å². The summed E-state index contributed by atoms with van der Waals surface area (Å²) in [5.74, 6) is -0.0648. The van der Waals surface area contributed by atoms with Gasteiger partial charge >= 0.3 is 0 Å². The van der Waals surface area contributed by atoms with Crippen LogP contribution in [0.5, 0.6) is 5.75 Å². The molecular weight excluding hydrogens is 258 g/mol. The number of hydrogen-bond acceptors (Lipinski definition) is 5. The van der Waals surface area contributed by atoms with Crippen molar-refractivity contribution in [2.24, 2.45) is 5.10 Å². The molecule has 0 spiro atoms. The van der Waals surface area contributed by atoms with Gasteiger partial charge in [-0.1, -0.05) is 17.7 Å². The minimum atomic E-state index is -0.524. The first-order valence-corrected chi connectivity index (χ1v) is 5.89. The second-order valence-electron chi connectivity index (χ2n) is 4.24. The number of nitro benzene ring substituents is 1. The molecule has 6 nitrogen and oxygen atoms in total. The van der Waals surface area contributed by atoms with E-state index in [1.54, 1.807) is 0 Å². The Bertz CT molecular complexity index is 651. The molecule has 0 heterocycles. The highest BCUT2D eigenvalue weighted by Crippen LogP contribution is 2.21. The van der Waals surface area contributed by atoms with Gasteiger partial charge in [0.1, 0.15) is 5.75 Å². The number of nitro groups is 1. The largest absolute Gasteiger partial charge is 0.507 e. The summed E-state index contributed by atoms with van der Waals surface area (Å²) in [6.45, 7) is 1.98. The molecule has 0 radical (unpaired) electrons. The number of benzene rings is 2.